The third-order valence-corrected chi connectivity index (χ3v) is 4.31. The Morgan fingerprint density at radius 1 is 1.03 bits per heavy atom. The van der Waals surface area contributed by atoms with Gasteiger partial charge in [0.1, 0.15) is 5.75 Å². The molecule has 2 aromatic carbocycles. The number of aromatic nitrogens is 3. The van der Waals surface area contributed by atoms with E-state index in [4.69, 9.17) is 15.2 Å². The summed E-state index contributed by atoms with van der Waals surface area (Å²) in [6.45, 7) is 3.27. The fourth-order valence-electron chi connectivity index (χ4n) is 2.66. The molecule has 1 aromatic heterocycles. The Balaban J connectivity index is 1.53. The molecule has 0 spiro atoms. The van der Waals surface area contributed by atoms with E-state index in [0.29, 0.717) is 17.7 Å². The number of carbonyl (C=O) groups excluding carboxylic acids is 2. The minimum Gasteiger partial charge on any atom is -0.482 e. The Morgan fingerprint density at radius 2 is 1.77 bits per heavy atom. The van der Waals surface area contributed by atoms with E-state index in [0.717, 1.165) is 11.3 Å². The minimum atomic E-state index is -0.596. The number of nitrogens with zero attached hydrogens (tertiary/aromatic N) is 3. The number of rotatable bonds is 9. The second kappa shape index (κ2) is 10.1. The Labute approximate surface area is 179 Å². The van der Waals surface area contributed by atoms with E-state index in [1.165, 1.54) is 0 Å². The van der Waals surface area contributed by atoms with Crippen LogP contribution in [-0.2, 0) is 16.1 Å². The van der Waals surface area contributed by atoms with Crippen molar-refractivity contribution in [1.82, 2.24) is 15.0 Å². The molecule has 0 bridgehead atoms. The molecule has 9 heteroatoms. The van der Waals surface area contributed by atoms with E-state index >= 15 is 0 Å². The molecule has 0 unspecified atom stereocenters. The van der Waals surface area contributed by atoms with Gasteiger partial charge in [0.25, 0.3) is 0 Å². The average Bonchev–Trinajstić information content (AvgIpc) is 2.77. The lowest BCUT2D eigenvalue weighted by Crippen LogP contribution is -2.16. The summed E-state index contributed by atoms with van der Waals surface area (Å²) in [5.41, 5.74) is 8.18. The average molecular weight is 421 g/mol. The second-order valence-electron chi connectivity index (χ2n) is 6.62. The molecule has 9 nitrogen and oxygen atoms in total. The van der Waals surface area contributed by atoms with Crippen molar-refractivity contribution in [2.75, 3.05) is 17.7 Å². The normalized spacial score (nSPS) is 10.4. The quantitative estimate of drug-likeness (QED) is 0.395. The first-order chi connectivity index (χ1) is 14.9. The first-order valence-corrected chi connectivity index (χ1v) is 9.69. The summed E-state index contributed by atoms with van der Waals surface area (Å²) in [5, 5.41) is 3.07. The van der Waals surface area contributed by atoms with Gasteiger partial charge in [-0.1, -0.05) is 25.1 Å². The van der Waals surface area contributed by atoms with E-state index in [2.05, 4.69) is 20.3 Å². The number of Topliss-reactive ketones (excluding diaryl/α,β-unsaturated/α-hetero) is 1. The second-order valence-corrected chi connectivity index (χ2v) is 6.62. The van der Waals surface area contributed by atoms with Crippen molar-refractivity contribution in [1.29, 1.82) is 0 Å². The van der Waals surface area contributed by atoms with Crippen LogP contribution in [0.15, 0.2) is 48.5 Å². The van der Waals surface area contributed by atoms with Crippen LogP contribution in [0.3, 0.4) is 0 Å². The number of ketones is 1. The fourth-order valence-corrected chi connectivity index (χ4v) is 2.66. The lowest BCUT2D eigenvalue weighted by Gasteiger charge is -2.10. The van der Waals surface area contributed by atoms with E-state index in [1.807, 2.05) is 31.2 Å². The summed E-state index contributed by atoms with van der Waals surface area (Å²) >= 11 is 0. The summed E-state index contributed by atoms with van der Waals surface area (Å²) < 4.78 is 10.5. The number of benzene rings is 2. The number of carbonyl (C=O) groups is 2. The van der Waals surface area contributed by atoms with E-state index in [9.17, 15) is 9.59 Å². The standard InChI is InChI=1S/C22H23N5O4/c1-3-18(28)15-8-10-16(11-9-15)30-13-20(29)31-12-19-25-21(23)27-22(26-19)24-17-7-5-4-6-14(17)2/h4-11H,3,12-13H2,1-2H3,(H3,23,24,25,26,27). The third kappa shape index (κ3) is 6.23. The van der Waals surface area contributed by atoms with E-state index in [-0.39, 0.29) is 36.7 Å². The van der Waals surface area contributed by atoms with Crippen molar-refractivity contribution in [3.8, 4) is 5.75 Å². The molecular weight excluding hydrogens is 398 g/mol. The van der Waals surface area contributed by atoms with Gasteiger partial charge in [-0.15, -0.1) is 0 Å². The lowest BCUT2D eigenvalue weighted by atomic mass is 10.1. The first kappa shape index (κ1) is 21.7. The van der Waals surface area contributed by atoms with Gasteiger partial charge < -0.3 is 20.5 Å². The maximum absolute atomic E-state index is 12.0. The van der Waals surface area contributed by atoms with Gasteiger partial charge in [0.2, 0.25) is 11.9 Å². The number of ether oxygens (including phenoxy) is 2. The molecule has 160 valence electrons. The topological polar surface area (TPSA) is 129 Å². The molecule has 0 amide bonds. The third-order valence-electron chi connectivity index (χ3n) is 4.31. The molecule has 3 aromatic rings. The molecule has 0 fully saturated rings. The van der Waals surface area contributed by atoms with Crippen molar-refractivity contribution < 1.29 is 19.1 Å². The van der Waals surface area contributed by atoms with Gasteiger partial charge in [-0.25, -0.2) is 4.79 Å². The number of esters is 1. The number of nitrogen functional groups attached to an aromatic ring is 1. The van der Waals surface area contributed by atoms with Gasteiger partial charge in [-0.3, -0.25) is 4.79 Å². The van der Waals surface area contributed by atoms with Gasteiger partial charge in [-0.2, -0.15) is 15.0 Å². The van der Waals surface area contributed by atoms with Gasteiger partial charge in [0.05, 0.1) is 0 Å². The monoisotopic (exact) mass is 421 g/mol. The number of hydrogen-bond acceptors (Lipinski definition) is 9. The van der Waals surface area contributed by atoms with Crippen LogP contribution in [0.25, 0.3) is 0 Å². The number of hydrogen-bond donors (Lipinski definition) is 2. The predicted octanol–water partition coefficient (Wildman–Crippen LogP) is 3.22. The zero-order valence-corrected chi connectivity index (χ0v) is 17.3. The summed E-state index contributed by atoms with van der Waals surface area (Å²) in [6.07, 6.45) is 0.427. The molecule has 31 heavy (non-hydrogen) atoms. The van der Waals surface area contributed by atoms with Gasteiger partial charge in [0.15, 0.2) is 24.8 Å². The van der Waals surface area contributed by atoms with Crippen LogP contribution in [0.1, 0.15) is 35.1 Å². The highest BCUT2D eigenvalue weighted by molar-refractivity contribution is 5.95. The minimum absolute atomic E-state index is 0.00935. The molecular formula is C22H23N5O4. The Kier molecular flexibility index (Phi) is 7.10. The van der Waals surface area contributed by atoms with Crippen LogP contribution < -0.4 is 15.8 Å². The van der Waals surface area contributed by atoms with Crippen molar-refractivity contribution >= 4 is 29.3 Å². The van der Waals surface area contributed by atoms with Crippen molar-refractivity contribution in [2.45, 2.75) is 26.9 Å². The van der Waals surface area contributed by atoms with Crippen molar-refractivity contribution in [3.63, 3.8) is 0 Å². The maximum atomic E-state index is 12.0. The molecule has 3 N–H and O–H groups in total. The van der Waals surface area contributed by atoms with Crippen molar-refractivity contribution in [2.24, 2.45) is 0 Å². The fraction of sp³-hybridized carbons (Fsp3) is 0.227. The maximum Gasteiger partial charge on any atom is 0.344 e. The van der Waals surface area contributed by atoms with Crippen LogP contribution >= 0.6 is 0 Å². The van der Waals surface area contributed by atoms with Crippen LogP contribution in [0.4, 0.5) is 17.6 Å². The molecule has 0 saturated carbocycles. The smallest absolute Gasteiger partial charge is 0.344 e. The highest BCUT2D eigenvalue weighted by Crippen LogP contribution is 2.18. The Bertz CT molecular complexity index is 1070. The van der Waals surface area contributed by atoms with Crippen molar-refractivity contribution in [3.05, 3.63) is 65.5 Å². The molecule has 0 aliphatic rings. The number of aryl methyl sites for hydroxylation is 1. The van der Waals surface area contributed by atoms with Gasteiger partial charge in [-0.05, 0) is 42.8 Å². The molecule has 3 rings (SSSR count). The number of anilines is 3. The SMILES string of the molecule is CCC(=O)c1ccc(OCC(=O)OCc2nc(N)nc(Nc3ccccc3C)n2)cc1. The highest BCUT2D eigenvalue weighted by Gasteiger charge is 2.10. The molecule has 0 aliphatic carbocycles. The summed E-state index contributed by atoms with van der Waals surface area (Å²) in [6, 6.07) is 14.2. The predicted molar refractivity (Wildman–Crippen MR) is 115 cm³/mol. The zero-order valence-electron chi connectivity index (χ0n) is 17.3. The number of nitrogens with two attached hydrogens (primary N) is 1. The molecule has 0 radical (unpaired) electrons. The molecule has 0 aliphatic heterocycles. The Morgan fingerprint density at radius 3 is 2.48 bits per heavy atom. The first-order valence-electron chi connectivity index (χ1n) is 9.69. The lowest BCUT2D eigenvalue weighted by molar-refractivity contribution is -0.147. The van der Waals surface area contributed by atoms with Gasteiger partial charge in [0, 0.05) is 17.7 Å². The van der Waals surface area contributed by atoms with E-state index in [1.54, 1.807) is 31.2 Å². The highest BCUT2D eigenvalue weighted by atomic mass is 16.6. The zero-order chi connectivity index (χ0) is 22.2. The molecule has 0 atom stereocenters. The number of para-hydroxylation sites is 1. The van der Waals surface area contributed by atoms with Crippen LogP contribution in [0.2, 0.25) is 0 Å². The largest absolute Gasteiger partial charge is 0.482 e. The van der Waals surface area contributed by atoms with E-state index < -0.39 is 5.97 Å². The molecule has 0 saturated heterocycles. The summed E-state index contributed by atoms with van der Waals surface area (Å²) in [7, 11) is 0. The van der Waals surface area contributed by atoms with Gasteiger partial charge >= 0.3 is 5.97 Å². The number of nitrogens with one attached hydrogen (secondary N) is 1. The van der Waals surface area contributed by atoms with Crippen LogP contribution in [-0.4, -0.2) is 33.3 Å². The Hall–Kier alpha value is -4.01. The summed E-state index contributed by atoms with van der Waals surface area (Å²) in [4.78, 5) is 35.9. The molecule has 1 heterocycles. The van der Waals surface area contributed by atoms with Crippen LogP contribution in [0.5, 0.6) is 5.75 Å². The van der Waals surface area contributed by atoms with Crippen LogP contribution in [0, 0.1) is 6.92 Å². The summed E-state index contributed by atoms with van der Waals surface area (Å²) in [5.74, 6) is 0.374.